The first-order valence-corrected chi connectivity index (χ1v) is 7.51. The van der Waals surface area contributed by atoms with Crippen LogP contribution in [0.2, 0.25) is 0 Å². The van der Waals surface area contributed by atoms with Gasteiger partial charge in [-0.1, -0.05) is 0 Å². The lowest BCUT2D eigenvalue weighted by atomic mass is 10.1. The van der Waals surface area contributed by atoms with Gasteiger partial charge < -0.3 is 5.11 Å². The van der Waals surface area contributed by atoms with E-state index in [1.807, 2.05) is 25.1 Å². The molecule has 90 valence electrons. The zero-order chi connectivity index (χ0) is 12.4. The predicted octanol–water partition coefficient (Wildman–Crippen LogP) is 4.25. The SMILES string of the molecule is Cc1cc(C(O)Cc2ccc(Br)cn2)sc1Br. The monoisotopic (exact) mass is 375 g/mol. The van der Waals surface area contributed by atoms with Crippen LogP contribution in [-0.4, -0.2) is 10.1 Å². The molecule has 1 unspecified atom stereocenters. The van der Waals surface area contributed by atoms with Gasteiger partial charge in [-0.3, -0.25) is 4.98 Å². The summed E-state index contributed by atoms with van der Waals surface area (Å²) in [4.78, 5) is 5.23. The minimum Gasteiger partial charge on any atom is -0.387 e. The molecule has 2 aromatic rings. The average Bonchev–Trinajstić information content (AvgIpc) is 2.63. The highest BCUT2D eigenvalue weighted by molar-refractivity contribution is 9.11. The van der Waals surface area contributed by atoms with Crippen molar-refractivity contribution in [1.82, 2.24) is 4.98 Å². The van der Waals surface area contributed by atoms with Gasteiger partial charge in [-0.25, -0.2) is 0 Å². The maximum atomic E-state index is 10.1. The van der Waals surface area contributed by atoms with Gasteiger partial charge in [-0.05, 0) is 62.5 Å². The van der Waals surface area contributed by atoms with E-state index >= 15 is 0 Å². The minimum atomic E-state index is -0.487. The molecule has 0 saturated carbocycles. The van der Waals surface area contributed by atoms with E-state index in [0.29, 0.717) is 6.42 Å². The topological polar surface area (TPSA) is 33.1 Å². The van der Waals surface area contributed by atoms with E-state index in [4.69, 9.17) is 0 Å². The van der Waals surface area contributed by atoms with Crippen LogP contribution in [0.4, 0.5) is 0 Å². The van der Waals surface area contributed by atoms with Crippen LogP contribution in [0.15, 0.2) is 32.7 Å². The van der Waals surface area contributed by atoms with Crippen molar-refractivity contribution >= 4 is 43.2 Å². The van der Waals surface area contributed by atoms with Crippen molar-refractivity contribution in [3.63, 3.8) is 0 Å². The van der Waals surface area contributed by atoms with Crippen LogP contribution in [0.5, 0.6) is 0 Å². The summed E-state index contributed by atoms with van der Waals surface area (Å²) in [6.07, 6.45) is 1.80. The van der Waals surface area contributed by atoms with Gasteiger partial charge >= 0.3 is 0 Å². The second-order valence-corrected chi connectivity index (χ2v) is 7.11. The van der Waals surface area contributed by atoms with Crippen molar-refractivity contribution in [3.8, 4) is 0 Å². The highest BCUT2D eigenvalue weighted by Crippen LogP contribution is 2.32. The van der Waals surface area contributed by atoms with Crippen molar-refractivity contribution < 1.29 is 5.11 Å². The Labute approximate surface area is 121 Å². The standard InChI is InChI=1S/C12H11Br2NOS/c1-7-4-11(17-12(7)14)10(16)5-9-3-2-8(13)6-15-9/h2-4,6,10,16H,5H2,1H3. The van der Waals surface area contributed by atoms with E-state index in [2.05, 4.69) is 36.8 Å². The molecule has 17 heavy (non-hydrogen) atoms. The van der Waals surface area contributed by atoms with Gasteiger partial charge in [0.05, 0.1) is 9.89 Å². The van der Waals surface area contributed by atoms with Gasteiger partial charge in [0.1, 0.15) is 0 Å². The van der Waals surface area contributed by atoms with Gasteiger partial charge in [0, 0.05) is 27.7 Å². The number of thiophene rings is 1. The second-order valence-electron chi connectivity index (χ2n) is 3.79. The molecule has 2 heterocycles. The Morgan fingerprint density at radius 2 is 2.18 bits per heavy atom. The van der Waals surface area contributed by atoms with Gasteiger partial charge in [0.15, 0.2) is 0 Å². The fourth-order valence-electron chi connectivity index (χ4n) is 1.47. The summed E-state index contributed by atoms with van der Waals surface area (Å²) in [7, 11) is 0. The zero-order valence-corrected chi connectivity index (χ0v) is 13.1. The van der Waals surface area contributed by atoms with Crippen molar-refractivity contribution in [3.05, 3.63) is 48.8 Å². The van der Waals surface area contributed by atoms with Crippen LogP contribution < -0.4 is 0 Å². The number of hydrogen-bond donors (Lipinski definition) is 1. The van der Waals surface area contributed by atoms with Crippen molar-refractivity contribution in [2.45, 2.75) is 19.4 Å². The lowest BCUT2D eigenvalue weighted by molar-refractivity contribution is 0.181. The van der Waals surface area contributed by atoms with Crippen molar-refractivity contribution in [2.24, 2.45) is 0 Å². The van der Waals surface area contributed by atoms with E-state index < -0.39 is 6.10 Å². The Morgan fingerprint density at radius 3 is 2.71 bits per heavy atom. The molecule has 2 nitrogen and oxygen atoms in total. The van der Waals surface area contributed by atoms with E-state index in [1.165, 1.54) is 0 Å². The molecular formula is C12H11Br2NOS. The second kappa shape index (κ2) is 5.61. The molecule has 0 aliphatic rings. The summed E-state index contributed by atoms with van der Waals surface area (Å²) in [5.41, 5.74) is 2.05. The van der Waals surface area contributed by atoms with Gasteiger partial charge in [0.25, 0.3) is 0 Å². The number of nitrogens with zero attached hydrogens (tertiary/aromatic N) is 1. The van der Waals surface area contributed by atoms with Crippen LogP contribution in [0.3, 0.4) is 0 Å². The van der Waals surface area contributed by atoms with Gasteiger partial charge in [-0.2, -0.15) is 0 Å². The number of rotatable bonds is 3. The first kappa shape index (κ1) is 13.2. The molecule has 2 rings (SSSR count). The quantitative estimate of drug-likeness (QED) is 0.868. The van der Waals surface area contributed by atoms with Crippen molar-refractivity contribution in [2.75, 3.05) is 0 Å². The predicted molar refractivity (Wildman–Crippen MR) is 77.4 cm³/mol. The number of aliphatic hydroxyl groups excluding tert-OH is 1. The van der Waals surface area contributed by atoms with Crippen LogP contribution in [0.1, 0.15) is 22.2 Å². The summed E-state index contributed by atoms with van der Waals surface area (Å²) in [6, 6.07) is 5.87. The molecular weight excluding hydrogens is 366 g/mol. The Balaban J connectivity index is 2.11. The highest BCUT2D eigenvalue weighted by atomic mass is 79.9. The largest absolute Gasteiger partial charge is 0.387 e. The average molecular weight is 377 g/mol. The van der Waals surface area contributed by atoms with Crippen LogP contribution >= 0.6 is 43.2 Å². The molecule has 1 atom stereocenters. The number of pyridine rings is 1. The first-order valence-electron chi connectivity index (χ1n) is 5.10. The zero-order valence-electron chi connectivity index (χ0n) is 9.15. The summed E-state index contributed by atoms with van der Waals surface area (Å²) >= 11 is 8.38. The first-order chi connectivity index (χ1) is 8.06. The number of aryl methyl sites for hydroxylation is 1. The van der Waals surface area contributed by atoms with Crippen molar-refractivity contribution in [1.29, 1.82) is 0 Å². The molecule has 0 radical (unpaired) electrons. The molecule has 0 spiro atoms. The Morgan fingerprint density at radius 1 is 1.41 bits per heavy atom. The number of halogens is 2. The smallest absolute Gasteiger partial charge is 0.0937 e. The summed E-state index contributed by atoms with van der Waals surface area (Å²) in [5, 5.41) is 10.1. The van der Waals surface area contributed by atoms with E-state index in [0.717, 1.165) is 24.4 Å². The number of hydrogen-bond acceptors (Lipinski definition) is 3. The molecule has 0 aliphatic heterocycles. The summed E-state index contributed by atoms with van der Waals surface area (Å²) in [6.45, 7) is 2.02. The fraction of sp³-hybridized carbons (Fsp3) is 0.250. The van der Waals surface area contributed by atoms with Gasteiger partial charge in [-0.15, -0.1) is 11.3 Å². The van der Waals surface area contributed by atoms with E-state index in [9.17, 15) is 5.11 Å². The van der Waals surface area contributed by atoms with Crippen LogP contribution in [0.25, 0.3) is 0 Å². The molecule has 0 aromatic carbocycles. The Bertz CT molecular complexity index is 490. The molecule has 0 amide bonds. The minimum absolute atomic E-state index is 0.487. The lowest BCUT2D eigenvalue weighted by Crippen LogP contribution is -2.01. The Hall–Kier alpha value is -0.230. The third-order valence-electron chi connectivity index (χ3n) is 2.40. The maximum Gasteiger partial charge on any atom is 0.0937 e. The lowest BCUT2D eigenvalue weighted by Gasteiger charge is -2.07. The molecule has 1 N–H and O–H groups in total. The summed E-state index contributed by atoms with van der Waals surface area (Å²) < 4.78 is 2.03. The molecule has 0 aliphatic carbocycles. The number of aromatic nitrogens is 1. The molecule has 0 saturated heterocycles. The maximum absolute atomic E-state index is 10.1. The van der Waals surface area contributed by atoms with Gasteiger partial charge in [0.2, 0.25) is 0 Å². The number of aliphatic hydroxyl groups is 1. The van der Waals surface area contributed by atoms with Crippen LogP contribution in [0, 0.1) is 6.92 Å². The fourth-order valence-corrected chi connectivity index (χ4v) is 3.27. The van der Waals surface area contributed by atoms with E-state index in [-0.39, 0.29) is 0 Å². The van der Waals surface area contributed by atoms with E-state index in [1.54, 1.807) is 17.5 Å². The molecule has 0 fully saturated rings. The third kappa shape index (κ3) is 3.37. The Kier molecular flexibility index (Phi) is 4.36. The molecule has 0 bridgehead atoms. The summed E-state index contributed by atoms with van der Waals surface area (Å²) in [5.74, 6) is 0. The third-order valence-corrected chi connectivity index (χ3v) is 5.10. The molecule has 2 aromatic heterocycles. The molecule has 5 heteroatoms. The normalized spacial score (nSPS) is 12.7. The highest BCUT2D eigenvalue weighted by Gasteiger charge is 2.13. The van der Waals surface area contributed by atoms with Crippen LogP contribution in [-0.2, 0) is 6.42 Å².